The zero-order chi connectivity index (χ0) is 14.5. The Bertz CT molecular complexity index is 624. The molecule has 5 nitrogen and oxygen atoms in total. The monoisotopic (exact) mass is 334 g/mol. The normalized spacial score (nSPS) is 9.90. The fourth-order valence-corrected chi connectivity index (χ4v) is 1.76. The fourth-order valence-electron chi connectivity index (χ4n) is 1.52. The zero-order valence-electron chi connectivity index (χ0n) is 10.6. The Morgan fingerprint density at radius 1 is 1.10 bits per heavy atom. The van der Waals surface area contributed by atoms with Crippen molar-refractivity contribution in [2.75, 3.05) is 12.4 Å². The van der Waals surface area contributed by atoms with Crippen LogP contribution in [0.2, 0.25) is 0 Å². The van der Waals surface area contributed by atoms with Crippen molar-refractivity contribution in [1.29, 1.82) is 0 Å². The molecule has 20 heavy (non-hydrogen) atoms. The van der Waals surface area contributed by atoms with Crippen molar-refractivity contribution in [3.05, 3.63) is 58.3 Å². The third-order valence-electron chi connectivity index (χ3n) is 2.55. The zero-order valence-corrected chi connectivity index (χ0v) is 12.2. The number of benzene rings is 1. The molecule has 0 saturated carbocycles. The van der Waals surface area contributed by atoms with Crippen LogP contribution in [0.4, 0.5) is 5.69 Å². The summed E-state index contributed by atoms with van der Waals surface area (Å²) in [4.78, 5) is 27.2. The summed E-state index contributed by atoms with van der Waals surface area (Å²) in [6, 6.07) is 9.79. The van der Waals surface area contributed by atoms with Crippen molar-refractivity contribution in [3.63, 3.8) is 0 Å². The van der Waals surface area contributed by atoms with E-state index in [4.69, 9.17) is 0 Å². The van der Waals surface area contributed by atoms with Gasteiger partial charge in [-0.05, 0) is 52.3 Å². The first-order chi connectivity index (χ1) is 9.60. The summed E-state index contributed by atoms with van der Waals surface area (Å²) in [7, 11) is 1.32. The van der Waals surface area contributed by atoms with Crippen molar-refractivity contribution < 1.29 is 14.3 Å². The second-order valence-corrected chi connectivity index (χ2v) is 4.71. The van der Waals surface area contributed by atoms with Crippen LogP contribution < -0.4 is 5.32 Å². The van der Waals surface area contributed by atoms with E-state index in [1.54, 1.807) is 36.4 Å². The molecule has 0 aliphatic rings. The quantitative estimate of drug-likeness (QED) is 0.692. The van der Waals surface area contributed by atoms with Gasteiger partial charge in [-0.1, -0.05) is 0 Å². The number of ether oxygens (including phenoxy) is 1. The van der Waals surface area contributed by atoms with Crippen molar-refractivity contribution in [1.82, 2.24) is 4.98 Å². The van der Waals surface area contributed by atoms with E-state index in [0.717, 1.165) is 0 Å². The molecule has 0 saturated heterocycles. The third kappa shape index (κ3) is 3.42. The molecule has 0 aliphatic carbocycles. The maximum Gasteiger partial charge on any atom is 0.337 e. The van der Waals surface area contributed by atoms with Crippen molar-refractivity contribution in [2.45, 2.75) is 0 Å². The number of hydrogen-bond donors (Lipinski definition) is 1. The third-order valence-corrected chi connectivity index (χ3v) is 3.02. The van der Waals surface area contributed by atoms with Gasteiger partial charge in [0, 0.05) is 11.9 Å². The van der Waals surface area contributed by atoms with Gasteiger partial charge in [0.15, 0.2) is 0 Å². The van der Waals surface area contributed by atoms with Crippen LogP contribution in [0.1, 0.15) is 20.7 Å². The second-order valence-electron chi connectivity index (χ2n) is 3.89. The lowest BCUT2D eigenvalue weighted by Crippen LogP contribution is -2.12. The van der Waals surface area contributed by atoms with Crippen LogP contribution in [0, 0.1) is 0 Å². The average molecular weight is 335 g/mol. The predicted octanol–water partition coefficient (Wildman–Crippen LogP) is 2.88. The van der Waals surface area contributed by atoms with E-state index in [1.807, 2.05) is 0 Å². The Morgan fingerprint density at radius 3 is 2.30 bits per heavy atom. The van der Waals surface area contributed by atoms with Crippen molar-refractivity contribution in [3.8, 4) is 0 Å². The highest BCUT2D eigenvalue weighted by molar-refractivity contribution is 9.10. The van der Waals surface area contributed by atoms with E-state index < -0.39 is 5.97 Å². The van der Waals surface area contributed by atoms with Crippen LogP contribution in [0.15, 0.2) is 47.2 Å². The summed E-state index contributed by atoms with van der Waals surface area (Å²) in [6.45, 7) is 0. The summed E-state index contributed by atoms with van der Waals surface area (Å²) in [6.07, 6.45) is 1.47. The molecule has 0 aliphatic heterocycles. The molecule has 1 heterocycles. The number of carbonyl (C=O) groups excluding carboxylic acids is 2. The first-order valence-corrected chi connectivity index (χ1v) is 6.51. The number of aromatic nitrogens is 1. The molecule has 1 aromatic heterocycles. The van der Waals surface area contributed by atoms with Gasteiger partial charge in [-0.25, -0.2) is 9.78 Å². The molecular formula is C14H11BrN2O3. The number of nitrogens with zero attached hydrogens (tertiary/aromatic N) is 1. The van der Waals surface area contributed by atoms with Gasteiger partial charge in [-0.2, -0.15) is 0 Å². The van der Waals surface area contributed by atoms with Gasteiger partial charge in [0.2, 0.25) is 0 Å². The number of methoxy groups -OCH3 is 1. The lowest BCUT2D eigenvalue weighted by molar-refractivity contribution is 0.0600. The first kappa shape index (κ1) is 14.2. The molecule has 0 atom stereocenters. The molecule has 0 bridgehead atoms. The molecule has 0 unspecified atom stereocenters. The topological polar surface area (TPSA) is 68.3 Å². The van der Waals surface area contributed by atoms with Crippen LogP contribution >= 0.6 is 15.9 Å². The van der Waals surface area contributed by atoms with Crippen molar-refractivity contribution in [2.24, 2.45) is 0 Å². The van der Waals surface area contributed by atoms with Gasteiger partial charge in [0.1, 0.15) is 4.60 Å². The molecule has 2 rings (SSSR count). The highest BCUT2D eigenvalue weighted by atomic mass is 79.9. The van der Waals surface area contributed by atoms with Gasteiger partial charge >= 0.3 is 5.97 Å². The Balaban J connectivity index is 2.08. The second kappa shape index (κ2) is 6.29. The number of anilines is 1. The minimum absolute atomic E-state index is 0.268. The van der Waals surface area contributed by atoms with E-state index in [-0.39, 0.29) is 5.91 Å². The predicted molar refractivity (Wildman–Crippen MR) is 77.7 cm³/mol. The summed E-state index contributed by atoms with van der Waals surface area (Å²) in [5, 5.41) is 2.72. The molecule has 2 aromatic rings. The molecular weight excluding hydrogens is 324 g/mol. The summed E-state index contributed by atoms with van der Waals surface area (Å²) in [5.41, 5.74) is 1.46. The molecule has 1 amide bonds. The maximum absolute atomic E-state index is 11.9. The minimum atomic E-state index is -0.417. The molecule has 1 aromatic carbocycles. The number of pyridine rings is 1. The number of carbonyl (C=O) groups is 2. The number of esters is 1. The Hall–Kier alpha value is -2.21. The van der Waals surface area contributed by atoms with Gasteiger partial charge in [0.25, 0.3) is 5.91 Å². The molecule has 6 heteroatoms. The first-order valence-electron chi connectivity index (χ1n) is 5.71. The van der Waals surface area contributed by atoms with Crippen LogP contribution in [-0.2, 0) is 4.74 Å². The van der Waals surface area contributed by atoms with Gasteiger partial charge < -0.3 is 10.1 Å². The highest BCUT2D eigenvalue weighted by Crippen LogP contribution is 2.13. The summed E-state index contributed by atoms with van der Waals surface area (Å²) in [5.74, 6) is -0.684. The number of nitrogens with one attached hydrogen (secondary N) is 1. The highest BCUT2D eigenvalue weighted by Gasteiger charge is 2.08. The van der Waals surface area contributed by atoms with Crippen LogP contribution in [0.25, 0.3) is 0 Å². The van der Waals surface area contributed by atoms with E-state index in [9.17, 15) is 9.59 Å². The molecule has 102 valence electrons. The lowest BCUT2D eigenvalue weighted by Gasteiger charge is -2.06. The maximum atomic E-state index is 11.9. The Labute approximate surface area is 124 Å². The molecule has 0 spiro atoms. The standard InChI is InChI=1S/C14H11BrN2O3/c1-20-14(19)9-2-5-11(6-3-9)17-13(18)10-4-7-12(15)16-8-10/h2-8H,1H3,(H,17,18). The minimum Gasteiger partial charge on any atom is -0.465 e. The van der Waals surface area contributed by atoms with E-state index in [2.05, 4.69) is 31.0 Å². The Kier molecular flexibility index (Phi) is 4.47. The van der Waals surface area contributed by atoms with E-state index in [0.29, 0.717) is 21.4 Å². The number of amides is 1. The van der Waals surface area contributed by atoms with Gasteiger partial charge in [-0.15, -0.1) is 0 Å². The smallest absolute Gasteiger partial charge is 0.337 e. The SMILES string of the molecule is COC(=O)c1ccc(NC(=O)c2ccc(Br)nc2)cc1. The van der Waals surface area contributed by atoms with Crippen LogP contribution in [0.3, 0.4) is 0 Å². The summed E-state index contributed by atoms with van der Waals surface area (Å²) >= 11 is 3.20. The lowest BCUT2D eigenvalue weighted by atomic mass is 10.2. The van der Waals surface area contributed by atoms with Crippen LogP contribution in [-0.4, -0.2) is 24.0 Å². The number of hydrogen-bond acceptors (Lipinski definition) is 4. The average Bonchev–Trinajstić information content (AvgIpc) is 2.48. The van der Waals surface area contributed by atoms with E-state index in [1.165, 1.54) is 13.3 Å². The van der Waals surface area contributed by atoms with Gasteiger partial charge in [0.05, 0.1) is 18.2 Å². The summed E-state index contributed by atoms with van der Waals surface area (Å²) < 4.78 is 5.26. The molecule has 0 radical (unpaired) electrons. The van der Waals surface area contributed by atoms with E-state index >= 15 is 0 Å². The largest absolute Gasteiger partial charge is 0.465 e. The number of halogens is 1. The molecule has 0 fully saturated rings. The van der Waals surface area contributed by atoms with Crippen molar-refractivity contribution >= 4 is 33.5 Å². The fraction of sp³-hybridized carbons (Fsp3) is 0.0714. The van der Waals surface area contributed by atoms with Gasteiger partial charge in [-0.3, -0.25) is 4.79 Å². The van der Waals surface area contributed by atoms with Crippen LogP contribution in [0.5, 0.6) is 0 Å². The Morgan fingerprint density at radius 2 is 1.75 bits per heavy atom. The molecule has 1 N–H and O–H groups in total. The number of rotatable bonds is 3.